The molecular weight excluding hydrogens is 280 g/mol. The smallest absolute Gasteiger partial charge is 0.236 e. The zero-order chi connectivity index (χ0) is 14.9. The standard InChI is InChI=1S/C17H26N2OS/c1-17(2)7-3-14(4-8-17)18-11-16(20)19-9-5-15-13(12-19)6-10-21-15/h6,10,14,18H,3-5,7-9,11-12H2,1-2H3. The van der Waals surface area contributed by atoms with Crippen LogP contribution < -0.4 is 5.32 Å². The SMILES string of the molecule is CC1(C)CCC(NCC(=O)N2CCc3sccc3C2)CC1. The number of amides is 1. The van der Waals surface area contributed by atoms with Crippen molar-refractivity contribution in [3.63, 3.8) is 0 Å². The van der Waals surface area contributed by atoms with E-state index in [1.807, 2.05) is 16.2 Å². The number of rotatable bonds is 3. The normalized spacial score (nSPS) is 22.1. The molecule has 1 aliphatic carbocycles. The Labute approximate surface area is 131 Å². The summed E-state index contributed by atoms with van der Waals surface area (Å²) in [6.45, 7) is 6.88. The van der Waals surface area contributed by atoms with Gasteiger partial charge in [-0.1, -0.05) is 13.8 Å². The molecule has 3 nitrogen and oxygen atoms in total. The molecule has 4 heteroatoms. The zero-order valence-corrected chi connectivity index (χ0v) is 14.0. The van der Waals surface area contributed by atoms with Crippen LogP contribution in [0.15, 0.2) is 11.4 Å². The molecule has 0 unspecified atom stereocenters. The second-order valence-electron chi connectivity index (χ2n) is 7.25. The zero-order valence-electron chi connectivity index (χ0n) is 13.2. The van der Waals surface area contributed by atoms with E-state index >= 15 is 0 Å². The number of nitrogens with one attached hydrogen (secondary N) is 1. The number of hydrogen-bond donors (Lipinski definition) is 1. The average molecular weight is 306 g/mol. The van der Waals surface area contributed by atoms with E-state index in [2.05, 4.69) is 30.6 Å². The van der Waals surface area contributed by atoms with Crippen LogP contribution in [0.25, 0.3) is 0 Å². The van der Waals surface area contributed by atoms with E-state index in [0.29, 0.717) is 18.0 Å². The molecule has 1 aliphatic heterocycles. The number of nitrogens with zero attached hydrogens (tertiary/aromatic N) is 1. The maximum atomic E-state index is 12.4. The number of fused-ring (bicyclic) bond motifs is 1. The van der Waals surface area contributed by atoms with Gasteiger partial charge >= 0.3 is 0 Å². The van der Waals surface area contributed by atoms with Crippen molar-refractivity contribution in [2.75, 3.05) is 13.1 Å². The summed E-state index contributed by atoms with van der Waals surface area (Å²) in [4.78, 5) is 15.8. The first-order valence-corrected chi connectivity index (χ1v) is 8.98. The van der Waals surface area contributed by atoms with Crippen LogP contribution in [-0.4, -0.2) is 29.9 Å². The first-order chi connectivity index (χ1) is 10.0. The molecule has 1 N–H and O–H groups in total. The molecule has 0 spiro atoms. The molecule has 1 amide bonds. The van der Waals surface area contributed by atoms with Gasteiger partial charge in [0.1, 0.15) is 0 Å². The fourth-order valence-electron chi connectivity index (χ4n) is 3.41. The highest BCUT2D eigenvalue weighted by Gasteiger charge is 2.27. The lowest BCUT2D eigenvalue weighted by Crippen LogP contribution is -2.44. The van der Waals surface area contributed by atoms with E-state index in [9.17, 15) is 4.79 Å². The topological polar surface area (TPSA) is 32.3 Å². The summed E-state index contributed by atoms with van der Waals surface area (Å²) >= 11 is 1.82. The molecule has 0 aromatic carbocycles. The molecule has 2 aliphatic rings. The number of carbonyl (C=O) groups excluding carboxylic acids is 1. The molecule has 0 atom stereocenters. The van der Waals surface area contributed by atoms with Gasteiger partial charge in [-0.2, -0.15) is 0 Å². The van der Waals surface area contributed by atoms with Crippen LogP contribution in [0, 0.1) is 5.41 Å². The van der Waals surface area contributed by atoms with Crippen LogP contribution in [-0.2, 0) is 17.8 Å². The summed E-state index contributed by atoms with van der Waals surface area (Å²) in [5.74, 6) is 0.261. The van der Waals surface area contributed by atoms with Gasteiger partial charge in [-0.05, 0) is 54.5 Å². The second kappa shape index (κ2) is 6.09. The van der Waals surface area contributed by atoms with Gasteiger partial charge in [0.15, 0.2) is 0 Å². The molecule has 2 heterocycles. The third-order valence-electron chi connectivity index (χ3n) is 5.04. The van der Waals surface area contributed by atoms with Crippen molar-refractivity contribution in [3.8, 4) is 0 Å². The minimum absolute atomic E-state index is 0.261. The van der Waals surface area contributed by atoms with Crippen molar-refractivity contribution in [2.24, 2.45) is 5.41 Å². The highest BCUT2D eigenvalue weighted by molar-refractivity contribution is 7.10. The van der Waals surface area contributed by atoms with Crippen molar-refractivity contribution < 1.29 is 4.79 Å². The van der Waals surface area contributed by atoms with Crippen molar-refractivity contribution in [3.05, 3.63) is 21.9 Å². The molecule has 1 saturated carbocycles. The highest BCUT2D eigenvalue weighted by Crippen LogP contribution is 2.34. The first-order valence-electron chi connectivity index (χ1n) is 8.10. The fourth-order valence-corrected chi connectivity index (χ4v) is 4.30. The summed E-state index contributed by atoms with van der Waals surface area (Å²) < 4.78 is 0. The summed E-state index contributed by atoms with van der Waals surface area (Å²) in [5.41, 5.74) is 1.84. The molecule has 21 heavy (non-hydrogen) atoms. The van der Waals surface area contributed by atoms with E-state index in [1.54, 1.807) is 0 Å². The largest absolute Gasteiger partial charge is 0.337 e. The Morgan fingerprint density at radius 3 is 2.95 bits per heavy atom. The Balaban J connectivity index is 1.45. The first kappa shape index (κ1) is 15.0. The molecule has 0 bridgehead atoms. The predicted molar refractivity (Wildman–Crippen MR) is 87.5 cm³/mol. The fraction of sp³-hybridized carbons (Fsp3) is 0.706. The molecule has 3 rings (SSSR count). The summed E-state index contributed by atoms with van der Waals surface area (Å²) in [5, 5.41) is 5.63. The summed E-state index contributed by atoms with van der Waals surface area (Å²) in [6, 6.07) is 2.69. The summed E-state index contributed by atoms with van der Waals surface area (Å²) in [6.07, 6.45) is 5.96. The van der Waals surface area contributed by atoms with E-state index in [4.69, 9.17) is 0 Å². The third-order valence-corrected chi connectivity index (χ3v) is 6.06. The Kier molecular flexibility index (Phi) is 4.36. The van der Waals surface area contributed by atoms with E-state index in [-0.39, 0.29) is 5.91 Å². The Bertz CT molecular complexity index is 499. The minimum Gasteiger partial charge on any atom is -0.337 e. The van der Waals surface area contributed by atoms with Crippen molar-refractivity contribution in [1.29, 1.82) is 0 Å². The van der Waals surface area contributed by atoms with Gasteiger partial charge in [0.25, 0.3) is 0 Å². The predicted octanol–water partition coefficient (Wildman–Crippen LogP) is 3.19. The van der Waals surface area contributed by atoms with Crippen LogP contribution in [0.2, 0.25) is 0 Å². The lowest BCUT2D eigenvalue weighted by atomic mass is 9.75. The van der Waals surface area contributed by atoms with Crippen LogP contribution in [0.1, 0.15) is 50.0 Å². The van der Waals surface area contributed by atoms with Crippen LogP contribution in [0.4, 0.5) is 0 Å². The molecule has 1 aromatic rings. The van der Waals surface area contributed by atoms with E-state index in [0.717, 1.165) is 19.5 Å². The van der Waals surface area contributed by atoms with Crippen LogP contribution in [0.5, 0.6) is 0 Å². The Morgan fingerprint density at radius 1 is 1.43 bits per heavy atom. The molecule has 1 aromatic heterocycles. The molecule has 0 saturated heterocycles. The van der Waals surface area contributed by atoms with Gasteiger partial charge in [-0.25, -0.2) is 0 Å². The van der Waals surface area contributed by atoms with Gasteiger partial charge in [-0.3, -0.25) is 4.79 Å². The number of thiophene rings is 1. The molecular formula is C17H26N2OS. The van der Waals surface area contributed by atoms with E-state index < -0.39 is 0 Å². The lowest BCUT2D eigenvalue weighted by Gasteiger charge is -2.35. The maximum Gasteiger partial charge on any atom is 0.236 e. The summed E-state index contributed by atoms with van der Waals surface area (Å²) in [7, 11) is 0. The quantitative estimate of drug-likeness (QED) is 0.930. The van der Waals surface area contributed by atoms with Gasteiger partial charge in [0.05, 0.1) is 6.54 Å². The van der Waals surface area contributed by atoms with E-state index in [1.165, 1.54) is 36.1 Å². The van der Waals surface area contributed by atoms with Gasteiger partial charge < -0.3 is 10.2 Å². The lowest BCUT2D eigenvalue weighted by molar-refractivity contribution is -0.131. The minimum atomic E-state index is 0.261. The Hall–Kier alpha value is -0.870. The molecule has 1 fully saturated rings. The molecule has 0 radical (unpaired) electrons. The van der Waals surface area contributed by atoms with Crippen molar-refractivity contribution >= 4 is 17.2 Å². The van der Waals surface area contributed by atoms with Crippen LogP contribution >= 0.6 is 11.3 Å². The third kappa shape index (κ3) is 3.67. The van der Waals surface area contributed by atoms with Crippen molar-refractivity contribution in [1.82, 2.24) is 10.2 Å². The van der Waals surface area contributed by atoms with Crippen LogP contribution in [0.3, 0.4) is 0 Å². The average Bonchev–Trinajstić information content (AvgIpc) is 2.93. The monoisotopic (exact) mass is 306 g/mol. The van der Waals surface area contributed by atoms with Crippen molar-refractivity contribution in [2.45, 2.75) is 58.5 Å². The van der Waals surface area contributed by atoms with Gasteiger partial charge in [0.2, 0.25) is 5.91 Å². The van der Waals surface area contributed by atoms with Gasteiger partial charge in [0, 0.05) is 24.0 Å². The maximum absolute atomic E-state index is 12.4. The highest BCUT2D eigenvalue weighted by atomic mass is 32.1. The molecule has 116 valence electrons. The Morgan fingerprint density at radius 2 is 2.19 bits per heavy atom. The van der Waals surface area contributed by atoms with Gasteiger partial charge in [-0.15, -0.1) is 11.3 Å². The number of hydrogen-bond acceptors (Lipinski definition) is 3. The number of carbonyl (C=O) groups is 1. The second-order valence-corrected chi connectivity index (χ2v) is 8.25.